The van der Waals surface area contributed by atoms with E-state index in [1.165, 1.54) is 12.1 Å². The molecule has 0 atom stereocenters. The molecule has 4 nitrogen and oxygen atoms in total. The van der Waals surface area contributed by atoms with E-state index >= 15 is 0 Å². The van der Waals surface area contributed by atoms with Crippen LogP contribution in [0.1, 0.15) is 35.6 Å². The number of hydrogen-bond acceptors (Lipinski definition) is 2. The van der Waals surface area contributed by atoms with Crippen molar-refractivity contribution in [2.75, 3.05) is 0 Å². The Bertz CT molecular complexity index is 938. The molecule has 0 saturated heterocycles. The van der Waals surface area contributed by atoms with Crippen molar-refractivity contribution in [3.05, 3.63) is 88.7 Å². The molecule has 140 valence electrons. The van der Waals surface area contributed by atoms with Gasteiger partial charge in [0.1, 0.15) is 11.6 Å². The molecule has 0 aliphatic heterocycles. The highest BCUT2D eigenvalue weighted by molar-refractivity contribution is 6.31. The lowest BCUT2D eigenvalue weighted by atomic mass is 10.1. The van der Waals surface area contributed by atoms with Gasteiger partial charge in [-0.25, -0.2) is 9.37 Å². The number of aromatic nitrogens is 2. The lowest BCUT2D eigenvalue weighted by Gasteiger charge is -2.27. The summed E-state index contributed by atoms with van der Waals surface area (Å²) in [6.45, 7) is 4.64. The maximum Gasteiger partial charge on any atom is 0.257 e. The first kappa shape index (κ1) is 19.1. The fourth-order valence-corrected chi connectivity index (χ4v) is 3.07. The van der Waals surface area contributed by atoms with E-state index < -0.39 is 5.82 Å². The van der Waals surface area contributed by atoms with E-state index in [0.717, 1.165) is 5.56 Å². The molecule has 6 heteroatoms. The van der Waals surface area contributed by atoms with Crippen LogP contribution in [0.25, 0.3) is 0 Å². The predicted octanol–water partition coefficient (Wildman–Crippen LogP) is 4.77. The van der Waals surface area contributed by atoms with Gasteiger partial charge in [0.25, 0.3) is 5.91 Å². The van der Waals surface area contributed by atoms with Gasteiger partial charge in [0, 0.05) is 23.5 Å². The molecule has 3 rings (SSSR count). The van der Waals surface area contributed by atoms with Crippen molar-refractivity contribution in [2.24, 2.45) is 0 Å². The summed E-state index contributed by atoms with van der Waals surface area (Å²) >= 11 is 6.26. The van der Waals surface area contributed by atoms with Gasteiger partial charge in [0.15, 0.2) is 0 Å². The van der Waals surface area contributed by atoms with E-state index in [1.54, 1.807) is 23.2 Å². The smallest absolute Gasteiger partial charge is 0.257 e. The van der Waals surface area contributed by atoms with E-state index in [9.17, 15) is 9.18 Å². The zero-order chi connectivity index (χ0) is 19.4. The van der Waals surface area contributed by atoms with Gasteiger partial charge in [0.2, 0.25) is 0 Å². The van der Waals surface area contributed by atoms with Crippen molar-refractivity contribution in [3.63, 3.8) is 0 Å². The van der Waals surface area contributed by atoms with Crippen LogP contribution in [0, 0.1) is 5.82 Å². The van der Waals surface area contributed by atoms with Crippen molar-refractivity contribution >= 4 is 17.5 Å². The first-order valence-electron chi connectivity index (χ1n) is 8.76. The number of carbonyl (C=O) groups is 1. The van der Waals surface area contributed by atoms with Gasteiger partial charge in [-0.05, 0) is 37.6 Å². The van der Waals surface area contributed by atoms with Gasteiger partial charge >= 0.3 is 0 Å². The molecule has 1 aromatic heterocycles. The van der Waals surface area contributed by atoms with Crippen LogP contribution in [0.3, 0.4) is 0 Å². The molecule has 0 aliphatic rings. The maximum absolute atomic E-state index is 14.1. The second kappa shape index (κ2) is 8.35. The van der Waals surface area contributed by atoms with Crippen LogP contribution < -0.4 is 0 Å². The molecular weight excluding hydrogens is 365 g/mol. The average molecular weight is 386 g/mol. The second-order valence-corrected chi connectivity index (χ2v) is 6.98. The van der Waals surface area contributed by atoms with E-state index in [4.69, 9.17) is 11.6 Å². The number of nitrogens with zero attached hydrogens (tertiary/aromatic N) is 3. The molecule has 0 fully saturated rings. The largest absolute Gasteiger partial charge is 0.329 e. The Hall–Kier alpha value is -2.66. The highest BCUT2D eigenvalue weighted by Gasteiger charge is 2.23. The lowest BCUT2D eigenvalue weighted by Crippen LogP contribution is -2.37. The SMILES string of the molecule is CC(C)N(Cc1nccn1Cc1ccccc1Cl)C(=O)c1ccccc1F. The van der Waals surface area contributed by atoms with Crippen molar-refractivity contribution in [1.82, 2.24) is 14.5 Å². The Morgan fingerprint density at radius 2 is 1.89 bits per heavy atom. The van der Waals surface area contributed by atoms with Gasteiger partial charge in [-0.3, -0.25) is 4.79 Å². The molecule has 0 unspecified atom stereocenters. The molecular formula is C21H21ClFN3O. The molecule has 0 aliphatic carbocycles. The van der Waals surface area contributed by atoms with Gasteiger partial charge in [-0.2, -0.15) is 0 Å². The monoisotopic (exact) mass is 385 g/mol. The standard InChI is InChI=1S/C21H21ClFN3O/c1-15(2)26(21(27)17-8-4-6-10-19(17)23)14-20-24-11-12-25(20)13-16-7-3-5-9-18(16)22/h3-12,15H,13-14H2,1-2H3. The quantitative estimate of drug-likeness (QED) is 0.612. The summed E-state index contributed by atoms with van der Waals surface area (Å²) < 4.78 is 16.0. The van der Waals surface area contributed by atoms with Gasteiger partial charge in [0.05, 0.1) is 18.7 Å². The number of hydrogen-bond donors (Lipinski definition) is 0. The van der Waals surface area contributed by atoms with Crippen LogP contribution in [-0.4, -0.2) is 26.4 Å². The topological polar surface area (TPSA) is 38.1 Å². The normalized spacial score (nSPS) is 11.0. The van der Waals surface area contributed by atoms with Crippen LogP contribution in [0.15, 0.2) is 60.9 Å². The minimum Gasteiger partial charge on any atom is -0.329 e. The van der Waals surface area contributed by atoms with E-state index in [-0.39, 0.29) is 24.1 Å². The summed E-state index contributed by atoms with van der Waals surface area (Å²) in [6, 6.07) is 13.5. The fourth-order valence-electron chi connectivity index (χ4n) is 2.88. The van der Waals surface area contributed by atoms with E-state index in [0.29, 0.717) is 17.4 Å². The summed E-state index contributed by atoms with van der Waals surface area (Å²) in [6.07, 6.45) is 3.54. The van der Waals surface area contributed by atoms with Crippen molar-refractivity contribution in [1.29, 1.82) is 0 Å². The Kier molecular flexibility index (Phi) is 5.91. The van der Waals surface area contributed by atoms with Crippen molar-refractivity contribution < 1.29 is 9.18 Å². The number of carbonyl (C=O) groups excluding carboxylic acids is 1. The van der Waals surface area contributed by atoms with Gasteiger partial charge in [-0.15, -0.1) is 0 Å². The summed E-state index contributed by atoms with van der Waals surface area (Å²) in [5, 5.41) is 0.681. The first-order valence-corrected chi connectivity index (χ1v) is 9.14. The Morgan fingerprint density at radius 1 is 1.19 bits per heavy atom. The zero-order valence-corrected chi connectivity index (χ0v) is 16.0. The molecule has 1 heterocycles. The third-order valence-electron chi connectivity index (χ3n) is 4.40. The van der Waals surface area contributed by atoms with E-state index in [2.05, 4.69) is 4.98 Å². The zero-order valence-electron chi connectivity index (χ0n) is 15.3. The van der Waals surface area contributed by atoms with Gasteiger partial charge in [-0.1, -0.05) is 41.9 Å². The number of benzene rings is 2. The molecule has 0 saturated carbocycles. The third kappa shape index (κ3) is 4.37. The van der Waals surface area contributed by atoms with E-state index in [1.807, 2.05) is 48.9 Å². The number of imidazole rings is 1. The molecule has 0 spiro atoms. The van der Waals surface area contributed by atoms with Crippen LogP contribution in [0.4, 0.5) is 4.39 Å². The van der Waals surface area contributed by atoms with Crippen molar-refractivity contribution in [2.45, 2.75) is 33.0 Å². The molecule has 0 N–H and O–H groups in total. The molecule has 2 aromatic carbocycles. The number of halogens is 2. The Labute approximate surface area is 163 Å². The number of rotatable bonds is 6. The summed E-state index contributed by atoms with van der Waals surface area (Å²) in [5.74, 6) is -0.156. The lowest BCUT2D eigenvalue weighted by molar-refractivity contribution is 0.0678. The minimum absolute atomic E-state index is 0.0652. The molecule has 0 bridgehead atoms. The van der Waals surface area contributed by atoms with Crippen LogP contribution >= 0.6 is 11.6 Å². The molecule has 1 amide bonds. The Morgan fingerprint density at radius 3 is 2.59 bits per heavy atom. The number of amides is 1. The molecule has 0 radical (unpaired) electrons. The molecule has 3 aromatic rings. The Balaban J connectivity index is 1.84. The third-order valence-corrected chi connectivity index (χ3v) is 4.77. The van der Waals surface area contributed by atoms with Crippen LogP contribution in [-0.2, 0) is 13.1 Å². The minimum atomic E-state index is -0.521. The summed E-state index contributed by atoms with van der Waals surface area (Å²) in [5.41, 5.74) is 1.03. The predicted molar refractivity (Wildman–Crippen MR) is 104 cm³/mol. The van der Waals surface area contributed by atoms with Crippen LogP contribution in [0.2, 0.25) is 5.02 Å². The van der Waals surface area contributed by atoms with Crippen LogP contribution in [0.5, 0.6) is 0 Å². The average Bonchev–Trinajstić information content (AvgIpc) is 3.08. The van der Waals surface area contributed by atoms with Crippen molar-refractivity contribution in [3.8, 4) is 0 Å². The fraction of sp³-hybridized carbons (Fsp3) is 0.238. The maximum atomic E-state index is 14.1. The highest BCUT2D eigenvalue weighted by atomic mass is 35.5. The van der Waals surface area contributed by atoms with Gasteiger partial charge < -0.3 is 9.47 Å². The summed E-state index contributed by atoms with van der Waals surface area (Å²) in [7, 11) is 0. The second-order valence-electron chi connectivity index (χ2n) is 6.57. The molecule has 27 heavy (non-hydrogen) atoms. The summed E-state index contributed by atoms with van der Waals surface area (Å²) in [4.78, 5) is 18.9. The first-order chi connectivity index (χ1) is 13.0. The highest BCUT2D eigenvalue weighted by Crippen LogP contribution is 2.19.